The van der Waals surface area contributed by atoms with E-state index in [-0.39, 0.29) is 6.10 Å². The summed E-state index contributed by atoms with van der Waals surface area (Å²) in [6, 6.07) is 10.4. The largest absolute Gasteiger partial charge is 0.392 e. The third kappa shape index (κ3) is 6.42. The number of hydrogen-bond acceptors (Lipinski definition) is 3. The lowest BCUT2D eigenvalue weighted by Crippen LogP contribution is -2.40. The van der Waals surface area contributed by atoms with Crippen molar-refractivity contribution < 1.29 is 5.11 Å². The molecule has 1 aliphatic heterocycles. The molecule has 0 radical (unpaired) electrons. The second-order valence-electron chi connectivity index (χ2n) is 6.06. The van der Waals surface area contributed by atoms with E-state index in [0.29, 0.717) is 0 Å². The number of nitrogens with one attached hydrogen (secondary N) is 1. The number of likely N-dealkylation sites (tertiary alicyclic amines) is 1. The zero-order chi connectivity index (χ0) is 14.9. The van der Waals surface area contributed by atoms with Gasteiger partial charge in [-0.3, -0.25) is 0 Å². The van der Waals surface area contributed by atoms with E-state index in [1.807, 2.05) is 13.0 Å². The van der Waals surface area contributed by atoms with E-state index in [4.69, 9.17) is 0 Å². The standard InChI is InChI=1S/C18H28N2O/c1-16(21)15-20-12-9-18(10-13-20)14-19-11-5-8-17-6-3-2-4-7-17/h2-8,16,18-19,21H,9-15H2,1H3/b8-5-/t16-/m0/s1. The second kappa shape index (κ2) is 8.98. The van der Waals surface area contributed by atoms with Gasteiger partial charge in [-0.25, -0.2) is 0 Å². The van der Waals surface area contributed by atoms with Crippen LogP contribution in [0.4, 0.5) is 0 Å². The zero-order valence-electron chi connectivity index (χ0n) is 13.0. The van der Waals surface area contributed by atoms with Gasteiger partial charge < -0.3 is 15.3 Å². The fourth-order valence-electron chi connectivity index (χ4n) is 2.88. The molecule has 1 atom stereocenters. The number of nitrogens with zero attached hydrogens (tertiary/aromatic N) is 1. The first-order valence-corrected chi connectivity index (χ1v) is 8.07. The average Bonchev–Trinajstić information content (AvgIpc) is 2.49. The molecule has 1 aromatic carbocycles. The van der Waals surface area contributed by atoms with Crippen LogP contribution in [0.15, 0.2) is 36.4 Å². The fraction of sp³-hybridized carbons (Fsp3) is 0.556. The van der Waals surface area contributed by atoms with Crippen molar-refractivity contribution in [2.75, 3.05) is 32.7 Å². The molecule has 0 bridgehead atoms. The highest BCUT2D eigenvalue weighted by molar-refractivity contribution is 5.48. The zero-order valence-corrected chi connectivity index (χ0v) is 13.0. The van der Waals surface area contributed by atoms with Crippen molar-refractivity contribution >= 4 is 6.08 Å². The summed E-state index contributed by atoms with van der Waals surface area (Å²) < 4.78 is 0. The minimum absolute atomic E-state index is 0.206. The molecule has 2 N–H and O–H groups in total. The van der Waals surface area contributed by atoms with Gasteiger partial charge in [0.05, 0.1) is 6.10 Å². The van der Waals surface area contributed by atoms with Crippen molar-refractivity contribution in [1.29, 1.82) is 0 Å². The molecule has 0 aliphatic carbocycles. The Balaban J connectivity index is 1.57. The average molecular weight is 288 g/mol. The van der Waals surface area contributed by atoms with Gasteiger partial charge in [-0.2, -0.15) is 0 Å². The Morgan fingerprint density at radius 3 is 2.67 bits per heavy atom. The van der Waals surface area contributed by atoms with Gasteiger partial charge >= 0.3 is 0 Å². The Morgan fingerprint density at radius 2 is 2.00 bits per heavy atom. The molecule has 3 nitrogen and oxygen atoms in total. The van der Waals surface area contributed by atoms with Crippen LogP contribution in [0.1, 0.15) is 25.3 Å². The predicted molar refractivity (Wildman–Crippen MR) is 89.2 cm³/mol. The number of β-amino-alcohol motifs (C(OH)–C–C–N with tert-alkyl or cyclic N) is 1. The van der Waals surface area contributed by atoms with Crippen LogP contribution in [0.5, 0.6) is 0 Å². The van der Waals surface area contributed by atoms with Crippen LogP contribution >= 0.6 is 0 Å². The molecule has 0 amide bonds. The molecule has 1 saturated heterocycles. The van der Waals surface area contributed by atoms with Crippen LogP contribution in [-0.4, -0.2) is 48.8 Å². The van der Waals surface area contributed by atoms with Crippen molar-refractivity contribution in [2.24, 2.45) is 5.92 Å². The number of hydrogen-bond donors (Lipinski definition) is 2. The van der Waals surface area contributed by atoms with Gasteiger partial charge in [0.1, 0.15) is 0 Å². The summed E-state index contributed by atoms with van der Waals surface area (Å²) in [5.41, 5.74) is 1.26. The van der Waals surface area contributed by atoms with E-state index in [2.05, 4.69) is 46.6 Å². The first kappa shape index (κ1) is 16.2. The van der Waals surface area contributed by atoms with Gasteiger partial charge in [0.25, 0.3) is 0 Å². The van der Waals surface area contributed by atoms with E-state index >= 15 is 0 Å². The van der Waals surface area contributed by atoms with Crippen LogP contribution < -0.4 is 5.32 Å². The normalized spacial score (nSPS) is 19.1. The molecule has 0 unspecified atom stereocenters. The molecule has 0 spiro atoms. The Morgan fingerprint density at radius 1 is 1.29 bits per heavy atom. The highest BCUT2D eigenvalue weighted by Crippen LogP contribution is 2.16. The van der Waals surface area contributed by atoms with Crippen molar-refractivity contribution in [2.45, 2.75) is 25.9 Å². The number of aliphatic hydroxyl groups excluding tert-OH is 1. The van der Waals surface area contributed by atoms with Crippen LogP contribution in [0.25, 0.3) is 6.08 Å². The molecule has 1 fully saturated rings. The van der Waals surface area contributed by atoms with E-state index in [0.717, 1.165) is 38.6 Å². The predicted octanol–water partition coefficient (Wildman–Crippen LogP) is 2.38. The molecule has 1 aromatic rings. The molecule has 21 heavy (non-hydrogen) atoms. The maximum absolute atomic E-state index is 9.40. The Bertz CT molecular complexity index is 408. The maximum Gasteiger partial charge on any atom is 0.0639 e. The Hall–Kier alpha value is -1.16. The fourth-order valence-corrected chi connectivity index (χ4v) is 2.88. The highest BCUT2D eigenvalue weighted by atomic mass is 16.3. The number of piperidine rings is 1. The van der Waals surface area contributed by atoms with Crippen LogP contribution in [0.2, 0.25) is 0 Å². The summed E-state index contributed by atoms with van der Waals surface area (Å²) in [5, 5.41) is 12.9. The second-order valence-corrected chi connectivity index (χ2v) is 6.06. The van der Waals surface area contributed by atoms with Crippen molar-refractivity contribution in [3.05, 3.63) is 42.0 Å². The topological polar surface area (TPSA) is 35.5 Å². The van der Waals surface area contributed by atoms with Crippen molar-refractivity contribution in [3.63, 3.8) is 0 Å². The van der Waals surface area contributed by atoms with Gasteiger partial charge in [-0.15, -0.1) is 0 Å². The van der Waals surface area contributed by atoms with Crippen LogP contribution in [0.3, 0.4) is 0 Å². The molecule has 0 aromatic heterocycles. The maximum atomic E-state index is 9.40. The van der Waals surface area contributed by atoms with E-state index in [1.54, 1.807) is 0 Å². The Kier molecular flexibility index (Phi) is 6.93. The third-order valence-electron chi connectivity index (χ3n) is 4.03. The number of rotatable bonds is 7. The van der Waals surface area contributed by atoms with Gasteiger partial charge in [0, 0.05) is 13.1 Å². The van der Waals surface area contributed by atoms with Gasteiger partial charge in [-0.1, -0.05) is 42.5 Å². The summed E-state index contributed by atoms with van der Waals surface area (Å²) in [7, 11) is 0. The lowest BCUT2D eigenvalue weighted by atomic mass is 9.96. The summed E-state index contributed by atoms with van der Waals surface area (Å²) in [5.74, 6) is 0.778. The quantitative estimate of drug-likeness (QED) is 0.756. The Labute approximate surface area is 128 Å². The van der Waals surface area contributed by atoms with Crippen LogP contribution in [-0.2, 0) is 0 Å². The van der Waals surface area contributed by atoms with Crippen molar-refractivity contribution in [1.82, 2.24) is 10.2 Å². The van der Waals surface area contributed by atoms with Crippen LogP contribution in [0, 0.1) is 5.92 Å². The van der Waals surface area contributed by atoms with Gasteiger partial charge in [0.15, 0.2) is 0 Å². The summed E-state index contributed by atoms with van der Waals surface area (Å²) >= 11 is 0. The van der Waals surface area contributed by atoms with E-state index < -0.39 is 0 Å². The highest BCUT2D eigenvalue weighted by Gasteiger charge is 2.19. The van der Waals surface area contributed by atoms with Gasteiger partial charge in [0.2, 0.25) is 0 Å². The molecular formula is C18H28N2O. The summed E-state index contributed by atoms with van der Waals surface area (Å²) in [4.78, 5) is 2.37. The van der Waals surface area contributed by atoms with Gasteiger partial charge in [-0.05, 0) is 50.9 Å². The monoisotopic (exact) mass is 288 g/mol. The molecule has 0 saturated carbocycles. The lowest BCUT2D eigenvalue weighted by Gasteiger charge is -2.32. The first-order valence-electron chi connectivity index (χ1n) is 8.07. The summed E-state index contributed by atoms with van der Waals surface area (Å²) in [6.07, 6.45) is 6.63. The lowest BCUT2D eigenvalue weighted by molar-refractivity contribution is 0.100. The molecular weight excluding hydrogens is 260 g/mol. The number of benzene rings is 1. The van der Waals surface area contributed by atoms with Crippen molar-refractivity contribution in [3.8, 4) is 0 Å². The van der Waals surface area contributed by atoms with E-state index in [9.17, 15) is 5.11 Å². The SMILES string of the molecule is C[C@H](O)CN1CCC(CNC/C=C\c2ccccc2)CC1. The molecule has 116 valence electrons. The summed E-state index contributed by atoms with van der Waals surface area (Å²) in [6.45, 7) is 6.96. The molecule has 1 aliphatic rings. The third-order valence-corrected chi connectivity index (χ3v) is 4.03. The van der Waals surface area contributed by atoms with E-state index in [1.165, 1.54) is 18.4 Å². The first-order chi connectivity index (χ1) is 10.2. The number of aliphatic hydroxyl groups is 1. The molecule has 3 heteroatoms. The molecule has 1 heterocycles. The smallest absolute Gasteiger partial charge is 0.0639 e. The molecule has 2 rings (SSSR count). The minimum atomic E-state index is -0.206. The minimum Gasteiger partial charge on any atom is -0.392 e.